The van der Waals surface area contributed by atoms with Gasteiger partial charge in [-0.1, -0.05) is 6.07 Å². The van der Waals surface area contributed by atoms with Crippen LogP contribution in [0.2, 0.25) is 0 Å². The Balaban J connectivity index is 1.75. The van der Waals surface area contributed by atoms with Gasteiger partial charge in [0.25, 0.3) is 0 Å². The molecule has 3 aromatic heterocycles. The van der Waals surface area contributed by atoms with Crippen LogP contribution in [-0.4, -0.2) is 25.7 Å². The van der Waals surface area contributed by atoms with Crippen molar-refractivity contribution in [1.82, 2.24) is 19.3 Å². The Morgan fingerprint density at radius 2 is 2.00 bits per heavy atom. The molecule has 0 radical (unpaired) electrons. The van der Waals surface area contributed by atoms with E-state index in [1.807, 2.05) is 19.1 Å². The van der Waals surface area contributed by atoms with Gasteiger partial charge in [0, 0.05) is 17.7 Å². The molecule has 24 heavy (non-hydrogen) atoms. The minimum Gasteiger partial charge on any atom is -0.404 e. The second kappa shape index (κ2) is 6.40. The number of aromatic nitrogens is 4. The summed E-state index contributed by atoms with van der Waals surface area (Å²) in [5.74, 6) is 0.556. The summed E-state index contributed by atoms with van der Waals surface area (Å²) in [4.78, 5) is 12.3. The van der Waals surface area contributed by atoms with Crippen molar-refractivity contribution in [2.45, 2.75) is 13.3 Å². The van der Waals surface area contributed by atoms with Crippen molar-refractivity contribution in [2.75, 3.05) is 5.32 Å². The van der Waals surface area contributed by atoms with Gasteiger partial charge >= 0.3 is 6.36 Å². The highest BCUT2D eigenvalue weighted by Gasteiger charge is 2.31. The van der Waals surface area contributed by atoms with Crippen LogP contribution in [0.4, 0.5) is 24.1 Å². The van der Waals surface area contributed by atoms with Gasteiger partial charge in [0.15, 0.2) is 5.82 Å². The molecule has 0 unspecified atom stereocenters. The molecule has 0 bridgehead atoms. The lowest BCUT2D eigenvalue weighted by molar-refractivity contribution is -0.274. The average Bonchev–Trinajstić information content (AvgIpc) is 2.97. The van der Waals surface area contributed by atoms with E-state index < -0.39 is 12.1 Å². The minimum absolute atomic E-state index is 0.301. The van der Waals surface area contributed by atoms with Gasteiger partial charge in [0.2, 0.25) is 5.13 Å². The van der Waals surface area contributed by atoms with Crippen LogP contribution < -0.4 is 10.1 Å². The summed E-state index contributed by atoms with van der Waals surface area (Å²) in [6.07, 6.45) is -2.13. The lowest BCUT2D eigenvalue weighted by atomic mass is 10.3. The molecule has 0 aliphatic rings. The van der Waals surface area contributed by atoms with Crippen molar-refractivity contribution in [2.24, 2.45) is 0 Å². The first-order chi connectivity index (χ1) is 11.4. The van der Waals surface area contributed by atoms with Crippen molar-refractivity contribution in [1.29, 1.82) is 0 Å². The molecule has 6 nitrogen and oxygen atoms in total. The summed E-state index contributed by atoms with van der Waals surface area (Å²) < 4.78 is 44.3. The molecule has 0 atom stereocenters. The van der Waals surface area contributed by atoms with Gasteiger partial charge in [-0.2, -0.15) is 9.36 Å². The van der Waals surface area contributed by atoms with Gasteiger partial charge in [-0.25, -0.2) is 9.97 Å². The molecule has 0 aromatic carbocycles. The third kappa shape index (κ3) is 3.96. The van der Waals surface area contributed by atoms with Crippen molar-refractivity contribution in [3.05, 3.63) is 42.2 Å². The van der Waals surface area contributed by atoms with Crippen LogP contribution in [0.5, 0.6) is 5.75 Å². The van der Waals surface area contributed by atoms with E-state index in [2.05, 4.69) is 29.4 Å². The van der Waals surface area contributed by atoms with Crippen molar-refractivity contribution in [3.63, 3.8) is 0 Å². The summed E-state index contributed by atoms with van der Waals surface area (Å²) in [5, 5.41) is 3.54. The van der Waals surface area contributed by atoms with E-state index in [1.54, 1.807) is 6.20 Å². The van der Waals surface area contributed by atoms with Gasteiger partial charge in [-0.15, -0.1) is 13.2 Å². The number of anilines is 2. The number of aryl methyl sites for hydroxylation is 1. The van der Waals surface area contributed by atoms with Crippen LogP contribution in [0.1, 0.15) is 5.56 Å². The number of pyridine rings is 2. The van der Waals surface area contributed by atoms with Crippen molar-refractivity contribution < 1.29 is 17.9 Å². The molecular weight excluding hydrogens is 343 g/mol. The van der Waals surface area contributed by atoms with Gasteiger partial charge in [-0.05, 0) is 30.7 Å². The van der Waals surface area contributed by atoms with E-state index in [1.165, 1.54) is 6.07 Å². The van der Waals surface area contributed by atoms with Crippen LogP contribution in [0.3, 0.4) is 0 Å². The van der Waals surface area contributed by atoms with E-state index in [0.29, 0.717) is 22.5 Å². The summed E-state index contributed by atoms with van der Waals surface area (Å²) in [6, 6.07) is 6.24. The quantitative estimate of drug-likeness (QED) is 0.766. The summed E-state index contributed by atoms with van der Waals surface area (Å²) in [6.45, 7) is 1.90. The predicted octanol–water partition coefficient (Wildman–Crippen LogP) is 3.95. The molecule has 3 rings (SSSR count). The molecule has 0 spiro atoms. The highest BCUT2D eigenvalue weighted by Crippen LogP contribution is 2.26. The SMILES string of the molecule is Cc1cccnc1Nc1nc(-c2ccc(OC(F)(F)F)cn2)ns1. The maximum Gasteiger partial charge on any atom is 0.573 e. The van der Waals surface area contributed by atoms with Crippen LogP contribution >= 0.6 is 11.5 Å². The van der Waals surface area contributed by atoms with E-state index >= 15 is 0 Å². The molecule has 0 saturated carbocycles. The summed E-state index contributed by atoms with van der Waals surface area (Å²) >= 11 is 1.10. The van der Waals surface area contributed by atoms with E-state index in [9.17, 15) is 13.2 Å². The predicted molar refractivity (Wildman–Crippen MR) is 82.1 cm³/mol. The summed E-state index contributed by atoms with van der Waals surface area (Å²) in [5.41, 5.74) is 1.28. The topological polar surface area (TPSA) is 72.8 Å². The maximum atomic E-state index is 12.1. The average molecular weight is 353 g/mol. The van der Waals surface area contributed by atoms with Crippen LogP contribution in [-0.2, 0) is 0 Å². The zero-order valence-electron chi connectivity index (χ0n) is 12.2. The molecule has 0 aliphatic carbocycles. The highest BCUT2D eigenvalue weighted by atomic mass is 32.1. The Labute approximate surface area is 138 Å². The third-order valence-corrected chi connectivity index (χ3v) is 3.49. The molecule has 0 amide bonds. The molecule has 0 fully saturated rings. The molecule has 10 heteroatoms. The molecule has 3 heterocycles. The second-order valence-corrected chi connectivity index (χ2v) is 5.40. The molecule has 124 valence electrons. The van der Waals surface area contributed by atoms with Gasteiger partial charge in [0.05, 0.1) is 6.20 Å². The third-order valence-electron chi connectivity index (χ3n) is 2.86. The molecule has 0 aliphatic heterocycles. The number of ether oxygens (including phenoxy) is 1. The molecule has 3 aromatic rings. The van der Waals surface area contributed by atoms with Crippen LogP contribution in [0.15, 0.2) is 36.7 Å². The zero-order chi connectivity index (χ0) is 17.2. The van der Waals surface area contributed by atoms with Gasteiger partial charge < -0.3 is 10.1 Å². The fourth-order valence-corrected chi connectivity index (χ4v) is 2.38. The smallest absolute Gasteiger partial charge is 0.404 e. The van der Waals surface area contributed by atoms with E-state index in [0.717, 1.165) is 29.4 Å². The number of hydrogen-bond acceptors (Lipinski definition) is 7. The Bertz CT molecular complexity index is 835. The largest absolute Gasteiger partial charge is 0.573 e. The van der Waals surface area contributed by atoms with Crippen molar-refractivity contribution in [3.8, 4) is 17.3 Å². The maximum absolute atomic E-state index is 12.1. The number of rotatable bonds is 4. The first-order valence-corrected chi connectivity index (χ1v) is 7.42. The molecule has 1 N–H and O–H groups in total. The number of nitrogens with zero attached hydrogens (tertiary/aromatic N) is 4. The van der Waals surface area contributed by atoms with Crippen molar-refractivity contribution >= 4 is 22.5 Å². The van der Waals surface area contributed by atoms with E-state index in [4.69, 9.17) is 0 Å². The number of halogens is 3. The van der Waals surface area contributed by atoms with Crippen LogP contribution in [0, 0.1) is 6.92 Å². The monoisotopic (exact) mass is 353 g/mol. The zero-order valence-corrected chi connectivity index (χ0v) is 13.0. The molecule has 0 saturated heterocycles. The van der Waals surface area contributed by atoms with Gasteiger partial charge in [0.1, 0.15) is 17.3 Å². The second-order valence-electron chi connectivity index (χ2n) is 4.64. The fourth-order valence-electron chi connectivity index (χ4n) is 1.80. The Hall–Kier alpha value is -2.75. The first kappa shape index (κ1) is 16.1. The molecular formula is C14H10F3N5OS. The lowest BCUT2D eigenvalue weighted by Crippen LogP contribution is -2.17. The number of nitrogens with one attached hydrogen (secondary N) is 1. The van der Waals surface area contributed by atoms with E-state index in [-0.39, 0.29) is 0 Å². The van der Waals surface area contributed by atoms with Crippen LogP contribution in [0.25, 0.3) is 11.5 Å². The Morgan fingerprint density at radius 3 is 2.67 bits per heavy atom. The number of alkyl halides is 3. The van der Waals surface area contributed by atoms with Gasteiger partial charge in [-0.3, -0.25) is 0 Å². The minimum atomic E-state index is -4.75. The number of hydrogen-bond donors (Lipinski definition) is 1. The highest BCUT2D eigenvalue weighted by molar-refractivity contribution is 7.09. The summed E-state index contributed by atoms with van der Waals surface area (Å²) in [7, 11) is 0. The standard InChI is InChI=1S/C14H10F3N5OS/c1-8-3-2-6-18-11(8)20-13-21-12(22-24-13)10-5-4-9(7-19-10)23-14(15,16)17/h2-7H,1H3,(H,18,20,21,22). The Kier molecular flexibility index (Phi) is 4.30. The fraction of sp³-hybridized carbons (Fsp3) is 0.143. The normalized spacial score (nSPS) is 11.3. The lowest BCUT2D eigenvalue weighted by Gasteiger charge is -2.07. The Morgan fingerprint density at radius 1 is 1.17 bits per heavy atom. The first-order valence-electron chi connectivity index (χ1n) is 6.65.